The number of carbonyl (C=O) groups is 1. The molecule has 1 aromatic carbocycles. The summed E-state index contributed by atoms with van der Waals surface area (Å²) in [6.45, 7) is 4.83. The highest BCUT2D eigenvalue weighted by Crippen LogP contribution is 2.16. The number of hydrogen-bond donors (Lipinski definition) is 1. The number of hydrogen-bond acceptors (Lipinski definition) is 5. The fourth-order valence-corrected chi connectivity index (χ4v) is 3.18. The predicted octanol–water partition coefficient (Wildman–Crippen LogP) is 0.816. The van der Waals surface area contributed by atoms with Crippen LogP contribution in [-0.4, -0.2) is 76.3 Å². The minimum absolute atomic E-state index is 0.0614. The van der Waals surface area contributed by atoms with Crippen LogP contribution in [0, 0.1) is 0 Å². The van der Waals surface area contributed by atoms with Gasteiger partial charge in [0.25, 0.3) is 0 Å². The van der Waals surface area contributed by atoms with Crippen molar-refractivity contribution in [3.8, 4) is 5.69 Å². The SMILES string of the molecule is O=C(Nc1ccc(-n2ccnn2)cc1)N1CCN2CCOC[C@H]2C1. The molecule has 0 bridgehead atoms. The summed E-state index contributed by atoms with van der Waals surface area (Å²) >= 11 is 0. The number of nitrogens with one attached hydrogen (secondary N) is 1. The number of benzene rings is 1. The standard InChI is InChI=1S/C16H20N6O2/c23-16(21-8-7-20-9-10-24-12-15(20)11-21)18-13-1-3-14(4-2-13)22-6-5-17-19-22/h1-6,15H,7-12H2,(H,18,23)/t15-/m1/s1. The summed E-state index contributed by atoms with van der Waals surface area (Å²) in [5.41, 5.74) is 1.67. The van der Waals surface area contributed by atoms with Gasteiger partial charge >= 0.3 is 6.03 Å². The molecule has 2 amide bonds. The molecule has 0 unspecified atom stereocenters. The van der Waals surface area contributed by atoms with Gasteiger partial charge in [0.05, 0.1) is 37.3 Å². The van der Waals surface area contributed by atoms with Crippen LogP contribution in [0.3, 0.4) is 0 Å². The Morgan fingerprint density at radius 1 is 1.21 bits per heavy atom. The van der Waals surface area contributed by atoms with Gasteiger partial charge in [-0.2, -0.15) is 0 Å². The molecule has 24 heavy (non-hydrogen) atoms. The van der Waals surface area contributed by atoms with Crippen molar-refractivity contribution in [2.45, 2.75) is 6.04 Å². The molecular weight excluding hydrogens is 308 g/mol. The Bertz CT molecular complexity index is 687. The maximum Gasteiger partial charge on any atom is 0.321 e. The van der Waals surface area contributed by atoms with E-state index in [1.807, 2.05) is 29.2 Å². The zero-order valence-electron chi connectivity index (χ0n) is 13.3. The van der Waals surface area contributed by atoms with Crippen LogP contribution < -0.4 is 5.32 Å². The average molecular weight is 328 g/mol. The third-order valence-electron chi connectivity index (χ3n) is 4.53. The van der Waals surface area contributed by atoms with E-state index in [2.05, 4.69) is 20.5 Å². The fraction of sp³-hybridized carbons (Fsp3) is 0.438. The normalized spacial score (nSPS) is 21.3. The van der Waals surface area contributed by atoms with Crippen LogP contribution in [0.1, 0.15) is 0 Å². The number of anilines is 1. The van der Waals surface area contributed by atoms with Gasteiger partial charge in [0, 0.05) is 31.9 Å². The second-order valence-electron chi connectivity index (χ2n) is 6.04. The molecule has 4 rings (SSSR count). The first kappa shape index (κ1) is 15.1. The molecule has 2 aliphatic rings. The van der Waals surface area contributed by atoms with Gasteiger partial charge in [0.15, 0.2) is 0 Å². The third-order valence-corrected chi connectivity index (χ3v) is 4.53. The number of amides is 2. The monoisotopic (exact) mass is 328 g/mol. The molecule has 0 aliphatic carbocycles. The number of aromatic nitrogens is 3. The van der Waals surface area contributed by atoms with E-state index in [1.54, 1.807) is 17.1 Å². The van der Waals surface area contributed by atoms with Gasteiger partial charge < -0.3 is 15.0 Å². The molecule has 126 valence electrons. The molecule has 2 fully saturated rings. The van der Waals surface area contributed by atoms with Gasteiger partial charge in [0.1, 0.15) is 0 Å². The molecular formula is C16H20N6O2. The molecule has 0 radical (unpaired) electrons. The minimum atomic E-state index is -0.0614. The number of rotatable bonds is 2. The molecule has 1 atom stereocenters. The summed E-state index contributed by atoms with van der Waals surface area (Å²) in [4.78, 5) is 16.7. The maximum atomic E-state index is 12.5. The lowest BCUT2D eigenvalue weighted by atomic mass is 10.1. The van der Waals surface area contributed by atoms with Gasteiger partial charge in [0.2, 0.25) is 0 Å². The van der Waals surface area contributed by atoms with E-state index in [0.29, 0.717) is 19.2 Å². The van der Waals surface area contributed by atoms with E-state index in [4.69, 9.17) is 4.74 Å². The number of carbonyl (C=O) groups excluding carboxylic acids is 1. The van der Waals surface area contributed by atoms with Crippen LogP contribution in [-0.2, 0) is 4.74 Å². The number of morpholine rings is 1. The summed E-state index contributed by atoms with van der Waals surface area (Å²) in [5, 5.41) is 10.7. The van der Waals surface area contributed by atoms with Crippen molar-refractivity contribution >= 4 is 11.7 Å². The lowest BCUT2D eigenvalue weighted by Crippen LogP contribution is -2.59. The van der Waals surface area contributed by atoms with Crippen molar-refractivity contribution in [1.82, 2.24) is 24.8 Å². The van der Waals surface area contributed by atoms with Crippen molar-refractivity contribution in [2.75, 3.05) is 44.7 Å². The highest BCUT2D eigenvalue weighted by Gasteiger charge is 2.31. The first-order chi connectivity index (χ1) is 11.8. The second-order valence-corrected chi connectivity index (χ2v) is 6.04. The van der Waals surface area contributed by atoms with Crippen molar-refractivity contribution in [2.24, 2.45) is 0 Å². The van der Waals surface area contributed by atoms with E-state index in [9.17, 15) is 4.79 Å². The van der Waals surface area contributed by atoms with Crippen LogP contribution in [0.15, 0.2) is 36.7 Å². The highest BCUT2D eigenvalue weighted by molar-refractivity contribution is 5.89. The maximum absolute atomic E-state index is 12.5. The molecule has 2 aliphatic heterocycles. The Morgan fingerprint density at radius 3 is 2.88 bits per heavy atom. The quantitative estimate of drug-likeness (QED) is 0.883. The lowest BCUT2D eigenvalue weighted by Gasteiger charge is -2.43. The smallest absolute Gasteiger partial charge is 0.321 e. The lowest BCUT2D eigenvalue weighted by molar-refractivity contribution is -0.0355. The van der Waals surface area contributed by atoms with Gasteiger partial charge in [-0.1, -0.05) is 5.21 Å². The Labute approximate surface area is 140 Å². The molecule has 0 saturated carbocycles. The summed E-state index contributed by atoms with van der Waals surface area (Å²) in [5.74, 6) is 0. The van der Waals surface area contributed by atoms with E-state index >= 15 is 0 Å². The number of piperazine rings is 1. The first-order valence-electron chi connectivity index (χ1n) is 8.14. The zero-order chi connectivity index (χ0) is 16.4. The molecule has 2 aromatic rings. The summed E-state index contributed by atoms with van der Waals surface area (Å²) in [6, 6.07) is 7.79. The fourth-order valence-electron chi connectivity index (χ4n) is 3.18. The number of urea groups is 1. The molecule has 2 saturated heterocycles. The zero-order valence-corrected chi connectivity index (χ0v) is 13.3. The molecule has 8 heteroatoms. The third kappa shape index (κ3) is 3.10. The minimum Gasteiger partial charge on any atom is -0.378 e. The highest BCUT2D eigenvalue weighted by atomic mass is 16.5. The van der Waals surface area contributed by atoms with Crippen molar-refractivity contribution in [1.29, 1.82) is 0 Å². The van der Waals surface area contributed by atoms with Gasteiger partial charge in [-0.15, -0.1) is 5.10 Å². The van der Waals surface area contributed by atoms with Crippen LogP contribution in [0.2, 0.25) is 0 Å². The Kier molecular flexibility index (Phi) is 4.14. The molecule has 8 nitrogen and oxygen atoms in total. The summed E-state index contributed by atoms with van der Waals surface area (Å²) < 4.78 is 7.19. The molecule has 1 N–H and O–H groups in total. The van der Waals surface area contributed by atoms with E-state index < -0.39 is 0 Å². The van der Waals surface area contributed by atoms with Crippen LogP contribution in [0.25, 0.3) is 5.69 Å². The molecule has 1 aromatic heterocycles. The Hall–Kier alpha value is -2.45. The largest absolute Gasteiger partial charge is 0.378 e. The number of ether oxygens (including phenoxy) is 1. The average Bonchev–Trinajstić information content (AvgIpc) is 3.16. The van der Waals surface area contributed by atoms with Crippen molar-refractivity contribution < 1.29 is 9.53 Å². The summed E-state index contributed by atoms with van der Waals surface area (Å²) in [7, 11) is 0. The van der Waals surface area contributed by atoms with Gasteiger partial charge in [-0.25, -0.2) is 9.48 Å². The predicted molar refractivity (Wildman–Crippen MR) is 88.1 cm³/mol. The van der Waals surface area contributed by atoms with E-state index in [0.717, 1.165) is 37.6 Å². The second kappa shape index (κ2) is 6.58. The Balaban J connectivity index is 1.37. The van der Waals surface area contributed by atoms with Crippen LogP contribution in [0.4, 0.5) is 10.5 Å². The topological polar surface area (TPSA) is 75.5 Å². The molecule has 0 spiro atoms. The van der Waals surface area contributed by atoms with Crippen molar-refractivity contribution in [3.63, 3.8) is 0 Å². The van der Waals surface area contributed by atoms with E-state index in [-0.39, 0.29) is 6.03 Å². The first-order valence-corrected chi connectivity index (χ1v) is 8.14. The number of nitrogens with zero attached hydrogens (tertiary/aromatic N) is 5. The van der Waals surface area contributed by atoms with Crippen LogP contribution >= 0.6 is 0 Å². The Morgan fingerprint density at radius 2 is 2.08 bits per heavy atom. The van der Waals surface area contributed by atoms with Crippen molar-refractivity contribution in [3.05, 3.63) is 36.7 Å². The summed E-state index contributed by atoms with van der Waals surface area (Å²) in [6.07, 6.45) is 3.41. The van der Waals surface area contributed by atoms with Gasteiger partial charge in [-0.05, 0) is 24.3 Å². The molecule has 3 heterocycles. The van der Waals surface area contributed by atoms with E-state index in [1.165, 1.54) is 0 Å². The number of fused-ring (bicyclic) bond motifs is 1. The van der Waals surface area contributed by atoms with Gasteiger partial charge in [-0.3, -0.25) is 4.90 Å². The van der Waals surface area contributed by atoms with Crippen LogP contribution in [0.5, 0.6) is 0 Å².